The molecular weight excluding hydrogens is 324 g/mol. The molecule has 0 unspecified atom stereocenters. The summed E-state index contributed by atoms with van der Waals surface area (Å²) < 4.78 is 5.89. The number of Topliss-reactive ketones (excluding diaryl/α,β-unsaturated/α-hetero) is 2. The van der Waals surface area contributed by atoms with Gasteiger partial charge in [0.15, 0.2) is 11.6 Å². The minimum Gasteiger partial charge on any atom is -0.493 e. The van der Waals surface area contributed by atoms with E-state index in [-0.39, 0.29) is 17.1 Å². The number of benzene rings is 3. The van der Waals surface area contributed by atoms with E-state index < -0.39 is 0 Å². The summed E-state index contributed by atoms with van der Waals surface area (Å²) in [5, 5.41) is 2.00. The minimum absolute atomic E-state index is 0.198. The van der Waals surface area contributed by atoms with Gasteiger partial charge in [-0.15, -0.1) is 0 Å². The summed E-state index contributed by atoms with van der Waals surface area (Å²) in [5.74, 6) is 0.245. The van der Waals surface area contributed by atoms with E-state index in [1.807, 2.05) is 43.3 Å². The van der Waals surface area contributed by atoms with Gasteiger partial charge in [-0.3, -0.25) is 9.59 Å². The number of hydrogen-bond donors (Lipinski definition) is 0. The van der Waals surface area contributed by atoms with Gasteiger partial charge in [0.1, 0.15) is 5.75 Å². The largest absolute Gasteiger partial charge is 0.493 e. The Hall–Kier alpha value is -3.20. The number of fused-ring (bicyclic) bond motifs is 2. The highest BCUT2D eigenvalue weighted by Gasteiger charge is 2.32. The summed E-state index contributed by atoms with van der Waals surface area (Å²) in [4.78, 5) is 25.5. The zero-order valence-corrected chi connectivity index (χ0v) is 14.5. The molecule has 0 radical (unpaired) electrons. The summed E-state index contributed by atoms with van der Waals surface area (Å²) in [6, 6.07) is 18.8. The highest BCUT2D eigenvalue weighted by Crippen LogP contribution is 2.34. The summed E-state index contributed by atoms with van der Waals surface area (Å²) in [6.45, 7) is 2.62. The summed E-state index contributed by atoms with van der Waals surface area (Å²) >= 11 is 0. The number of carbonyl (C=O) groups is 2. The minimum atomic E-state index is -0.222. The molecule has 0 heterocycles. The topological polar surface area (TPSA) is 43.4 Å². The maximum Gasteiger partial charge on any atom is 0.197 e. The average molecular weight is 342 g/mol. The molecule has 26 heavy (non-hydrogen) atoms. The summed E-state index contributed by atoms with van der Waals surface area (Å²) in [7, 11) is 0. The zero-order chi connectivity index (χ0) is 18.1. The van der Waals surface area contributed by atoms with Gasteiger partial charge in [0, 0.05) is 16.7 Å². The Labute approximate surface area is 151 Å². The molecule has 0 saturated carbocycles. The fraction of sp³-hybridized carbons (Fsp3) is 0.130. The van der Waals surface area contributed by atoms with Crippen molar-refractivity contribution in [2.24, 2.45) is 0 Å². The van der Waals surface area contributed by atoms with E-state index in [4.69, 9.17) is 4.74 Å². The number of hydrogen-bond acceptors (Lipinski definition) is 3. The normalized spacial score (nSPS) is 13.2. The van der Waals surface area contributed by atoms with Gasteiger partial charge >= 0.3 is 0 Å². The van der Waals surface area contributed by atoms with E-state index in [1.165, 1.54) is 0 Å². The van der Waals surface area contributed by atoms with Crippen LogP contribution < -0.4 is 4.74 Å². The van der Waals surface area contributed by atoms with E-state index in [2.05, 4.69) is 0 Å². The Balaban J connectivity index is 1.90. The quantitative estimate of drug-likeness (QED) is 0.490. The number of allylic oxidation sites excluding steroid dienone is 1. The second kappa shape index (κ2) is 6.60. The molecule has 0 aliphatic heterocycles. The molecule has 128 valence electrons. The molecule has 3 aromatic carbocycles. The molecule has 0 aromatic heterocycles. The molecule has 3 heteroatoms. The first-order chi connectivity index (χ1) is 12.7. The molecule has 1 aliphatic rings. The van der Waals surface area contributed by atoms with Gasteiger partial charge in [-0.2, -0.15) is 0 Å². The third-order valence-electron chi connectivity index (χ3n) is 4.59. The Morgan fingerprint density at radius 2 is 1.50 bits per heavy atom. The van der Waals surface area contributed by atoms with Crippen molar-refractivity contribution in [3.05, 3.63) is 82.9 Å². The molecule has 0 spiro atoms. The van der Waals surface area contributed by atoms with Crippen LogP contribution in [-0.2, 0) is 0 Å². The maximum atomic E-state index is 12.7. The van der Waals surface area contributed by atoms with Crippen molar-refractivity contribution in [2.75, 3.05) is 6.61 Å². The first kappa shape index (κ1) is 16.3. The van der Waals surface area contributed by atoms with E-state index in [0.717, 1.165) is 22.8 Å². The van der Waals surface area contributed by atoms with Crippen LogP contribution in [0.5, 0.6) is 5.75 Å². The van der Waals surface area contributed by atoms with E-state index >= 15 is 0 Å². The van der Waals surface area contributed by atoms with Crippen LogP contribution in [-0.4, -0.2) is 18.2 Å². The Bertz CT molecular complexity index is 1020. The molecule has 0 N–H and O–H groups in total. The molecular formula is C23H18O3. The van der Waals surface area contributed by atoms with Crippen molar-refractivity contribution in [2.45, 2.75) is 13.3 Å². The van der Waals surface area contributed by atoms with E-state index in [0.29, 0.717) is 23.5 Å². The fourth-order valence-corrected chi connectivity index (χ4v) is 3.31. The van der Waals surface area contributed by atoms with Crippen molar-refractivity contribution in [3.63, 3.8) is 0 Å². The monoisotopic (exact) mass is 342 g/mol. The van der Waals surface area contributed by atoms with Gasteiger partial charge in [0.2, 0.25) is 0 Å². The lowest BCUT2D eigenvalue weighted by atomic mass is 9.99. The van der Waals surface area contributed by atoms with E-state index in [9.17, 15) is 9.59 Å². The highest BCUT2D eigenvalue weighted by atomic mass is 16.5. The van der Waals surface area contributed by atoms with Gasteiger partial charge in [-0.1, -0.05) is 61.5 Å². The smallest absolute Gasteiger partial charge is 0.197 e. The molecule has 0 amide bonds. The molecule has 3 aromatic rings. The Morgan fingerprint density at radius 3 is 2.19 bits per heavy atom. The third-order valence-corrected chi connectivity index (χ3v) is 4.59. The van der Waals surface area contributed by atoms with Crippen LogP contribution in [0.3, 0.4) is 0 Å². The molecule has 0 saturated heterocycles. The SMILES string of the molecule is CCCOc1ccc2ccccc2c1C=C1C(=O)c2ccccc2C1=O. The third kappa shape index (κ3) is 2.62. The van der Waals surface area contributed by atoms with Crippen LogP contribution in [0, 0.1) is 0 Å². The Kier molecular flexibility index (Phi) is 4.13. The number of rotatable bonds is 4. The predicted molar refractivity (Wildman–Crippen MR) is 103 cm³/mol. The van der Waals surface area contributed by atoms with Crippen molar-refractivity contribution in [1.29, 1.82) is 0 Å². The second-order valence-electron chi connectivity index (χ2n) is 6.31. The first-order valence-corrected chi connectivity index (χ1v) is 8.75. The van der Waals surface area contributed by atoms with Crippen LogP contribution >= 0.6 is 0 Å². The second-order valence-corrected chi connectivity index (χ2v) is 6.31. The van der Waals surface area contributed by atoms with Crippen LogP contribution in [0.1, 0.15) is 39.6 Å². The number of carbonyl (C=O) groups excluding carboxylic acids is 2. The fourth-order valence-electron chi connectivity index (χ4n) is 3.31. The van der Waals surface area contributed by atoms with Crippen LogP contribution in [0.2, 0.25) is 0 Å². The lowest BCUT2D eigenvalue weighted by Gasteiger charge is -2.12. The molecule has 3 nitrogen and oxygen atoms in total. The molecule has 1 aliphatic carbocycles. The van der Waals surface area contributed by atoms with Crippen LogP contribution in [0.25, 0.3) is 16.8 Å². The van der Waals surface area contributed by atoms with Crippen molar-refractivity contribution in [1.82, 2.24) is 0 Å². The van der Waals surface area contributed by atoms with Crippen molar-refractivity contribution >= 4 is 28.4 Å². The molecule has 0 bridgehead atoms. The molecule has 4 rings (SSSR count). The van der Waals surface area contributed by atoms with Gasteiger partial charge in [-0.25, -0.2) is 0 Å². The standard InChI is InChI=1S/C23H18O3/c1-2-13-26-21-12-11-15-7-3-4-8-16(15)19(21)14-20-22(24)17-9-5-6-10-18(17)23(20)25/h3-12,14H,2,13H2,1H3. The predicted octanol–water partition coefficient (Wildman–Crippen LogP) is 5.09. The van der Waals surface area contributed by atoms with Gasteiger partial charge < -0.3 is 4.74 Å². The highest BCUT2D eigenvalue weighted by molar-refractivity contribution is 6.41. The van der Waals surface area contributed by atoms with Gasteiger partial charge in [0.05, 0.1) is 12.2 Å². The summed E-state index contributed by atoms with van der Waals surface area (Å²) in [5.41, 5.74) is 1.92. The summed E-state index contributed by atoms with van der Waals surface area (Å²) in [6.07, 6.45) is 2.57. The molecule has 0 fully saturated rings. The Morgan fingerprint density at radius 1 is 0.846 bits per heavy atom. The molecule has 0 atom stereocenters. The number of ether oxygens (including phenoxy) is 1. The van der Waals surface area contributed by atoms with Crippen LogP contribution in [0.4, 0.5) is 0 Å². The van der Waals surface area contributed by atoms with Crippen LogP contribution in [0.15, 0.2) is 66.2 Å². The average Bonchev–Trinajstić information content (AvgIpc) is 2.92. The van der Waals surface area contributed by atoms with Gasteiger partial charge in [-0.05, 0) is 29.3 Å². The first-order valence-electron chi connectivity index (χ1n) is 8.75. The van der Waals surface area contributed by atoms with Crippen molar-refractivity contribution < 1.29 is 14.3 Å². The lowest BCUT2D eigenvalue weighted by Crippen LogP contribution is -2.02. The zero-order valence-electron chi connectivity index (χ0n) is 14.5. The number of ketones is 2. The van der Waals surface area contributed by atoms with E-state index in [1.54, 1.807) is 30.3 Å². The maximum absolute atomic E-state index is 12.7. The lowest BCUT2D eigenvalue weighted by molar-refractivity contribution is 0.0990. The van der Waals surface area contributed by atoms with Gasteiger partial charge in [0.25, 0.3) is 0 Å². The van der Waals surface area contributed by atoms with Crippen molar-refractivity contribution in [3.8, 4) is 5.75 Å².